The third kappa shape index (κ3) is 4.59. The van der Waals surface area contributed by atoms with E-state index in [1.807, 2.05) is 20.8 Å². The second-order valence-corrected chi connectivity index (χ2v) is 7.71. The molecule has 0 radical (unpaired) electrons. The van der Waals surface area contributed by atoms with E-state index in [-0.39, 0.29) is 15.9 Å². The molecule has 1 heterocycles. The van der Waals surface area contributed by atoms with Gasteiger partial charge in [-0.15, -0.1) is 11.3 Å². The average molecular weight is 305 g/mol. The van der Waals surface area contributed by atoms with Crippen LogP contribution in [-0.2, 0) is 14.8 Å². The fourth-order valence-electron chi connectivity index (χ4n) is 1.80. The summed E-state index contributed by atoms with van der Waals surface area (Å²) in [5.74, 6) is -0.0796. The van der Waals surface area contributed by atoms with Gasteiger partial charge in [0.1, 0.15) is 4.88 Å². The van der Waals surface area contributed by atoms with Crippen molar-refractivity contribution >= 4 is 27.3 Å². The molecule has 1 aromatic heterocycles. The molecular formula is C12H19NO4S2. The zero-order chi connectivity index (χ0) is 14.8. The Balaban J connectivity index is 2.85. The molecule has 1 aromatic rings. The van der Waals surface area contributed by atoms with Crippen molar-refractivity contribution in [1.29, 1.82) is 0 Å². The second-order valence-electron chi connectivity index (χ2n) is 4.92. The van der Waals surface area contributed by atoms with Gasteiger partial charge in [-0.25, -0.2) is 18.4 Å². The van der Waals surface area contributed by atoms with Crippen LogP contribution in [0.4, 0.5) is 0 Å². The largest absolute Gasteiger partial charge is 0.458 e. The van der Waals surface area contributed by atoms with Crippen molar-refractivity contribution in [3.8, 4) is 0 Å². The fourth-order valence-corrected chi connectivity index (χ4v) is 3.83. The molecule has 0 amide bonds. The third-order valence-electron chi connectivity index (χ3n) is 2.49. The van der Waals surface area contributed by atoms with Crippen LogP contribution in [0.15, 0.2) is 11.0 Å². The van der Waals surface area contributed by atoms with Gasteiger partial charge in [-0.3, -0.25) is 0 Å². The lowest BCUT2D eigenvalue weighted by Gasteiger charge is -2.14. The van der Waals surface area contributed by atoms with Gasteiger partial charge >= 0.3 is 5.97 Å². The first-order chi connectivity index (χ1) is 8.61. The maximum absolute atomic E-state index is 11.9. The molecule has 19 heavy (non-hydrogen) atoms. The maximum atomic E-state index is 11.9. The van der Waals surface area contributed by atoms with Crippen molar-refractivity contribution < 1.29 is 17.9 Å². The predicted molar refractivity (Wildman–Crippen MR) is 74.8 cm³/mol. The summed E-state index contributed by atoms with van der Waals surface area (Å²) in [5.41, 5.74) is 0. The van der Waals surface area contributed by atoms with E-state index in [4.69, 9.17) is 9.88 Å². The molecule has 1 rings (SSSR count). The summed E-state index contributed by atoms with van der Waals surface area (Å²) in [7, 11) is -3.79. The van der Waals surface area contributed by atoms with Crippen LogP contribution in [0.1, 0.15) is 41.7 Å². The normalized spacial score (nSPS) is 13.6. The number of carbonyl (C=O) groups is 1. The fraction of sp³-hybridized carbons (Fsp3) is 0.583. The summed E-state index contributed by atoms with van der Waals surface area (Å²) in [6.07, 6.45) is 0.561. The molecule has 0 saturated heterocycles. The summed E-state index contributed by atoms with van der Waals surface area (Å²) < 4.78 is 27.8. The van der Waals surface area contributed by atoms with Crippen LogP contribution >= 0.6 is 11.3 Å². The Labute approximate surface area is 117 Å². The molecule has 0 aromatic carbocycles. The minimum Gasteiger partial charge on any atom is -0.458 e. The van der Waals surface area contributed by atoms with Gasteiger partial charge in [0.25, 0.3) is 0 Å². The number of rotatable bonds is 5. The number of ether oxygens (including phenoxy) is 1. The molecule has 7 heteroatoms. The molecule has 0 aliphatic carbocycles. The van der Waals surface area contributed by atoms with Crippen LogP contribution in [0.5, 0.6) is 0 Å². The molecule has 0 aliphatic heterocycles. The molecule has 2 N–H and O–H groups in total. The lowest BCUT2D eigenvalue weighted by Crippen LogP contribution is -2.16. The number of esters is 1. The number of aryl methyl sites for hydroxylation is 1. The van der Waals surface area contributed by atoms with E-state index in [2.05, 4.69) is 0 Å². The van der Waals surface area contributed by atoms with Crippen molar-refractivity contribution in [2.45, 2.75) is 45.1 Å². The maximum Gasteiger partial charge on any atom is 0.348 e. The van der Waals surface area contributed by atoms with Gasteiger partial charge in [0, 0.05) is 4.88 Å². The third-order valence-corrected chi connectivity index (χ3v) is 4.69. The van der Waals surface area contributed by atoms with E-state index >= 15 is 0 Å². The summed E-state index contributed by atoms with van der Waals surface area (Å²) in [4.78, 5) is 12.6. The number of hydrogen-bond donors (Lipinski definition) is 1. The Kier molecular flexibility index (Phi) is 5.11. The Morgan fingerprint density at radius 1 is 1.42 bits per heavy atom. The van der Waals surface area contributed by atoms with Gasteiger partial charge in [0.15, 0.2) is 0 Å². The van der Waals surface area contributed by atoms with Crippen LogP contribution in [-0.4, -0.2) is 20.5 Å². The lowest BCUT2D eigenvalue weighted by atomic mass is 10.1. The number of sulfonamides is 1. The quantitative estimate of drug-likeness (QED) is 0.846. The van der Waals surface area contributed by atoms with Gasteiger partial charge in [-0.1, -0.05) is 13.8 Å². The summed E-state index contributed by atoms with van der Waals surface area (Å²) in [5, 5.41) is 5.07. The number of thiophene rings is 1. The van der Waals surface area contributed by atoms with Crippen LogP contribution in [0, 0.1) is 12.8 Å². The van der Waals surface area contributed by atoms with E-state index < -0.39 is 16.0 Å². The highest BCUT2D eigenvalue weighted by Crippen LogP contribution is 2.26. The molecule has 0 saturated carbocycles. The first-order valence-electron chi connectivity index (χ1n) is 5.95. The number of carbonyl (C=O) groups excluding carboxylic acids is 1. The van der Waals surface area contributed by atoms with Crippen molar-refractivity contribution in [2.75, 3.05) is 0 Å². The average Bonchev–Trinajstić information content (AvgIpc) is 2.58. The minimum atomic E-state index is -3.79. The zero-order valence-electron chi connectivity index (χ0n) is 11.5. The summed E-state index contributed by atoms with van der Waals surface area (Å²) in [6.45, 7) is 7.51. The molecule has 0 fully saturated rings. The summed E-state index contributed by atoms with van der Waals surface area (Å²) in [6, 6.07) is 1.28. The van der Waals surface area contributed by atoms with Gasteiger partial charge in [-0.2, -0.15) is 0 Å². The van der Waals surface area contributed by atoms with Crippen molar-refractivity contribution in [3.05, 3.63) is 15.8 Å². The van der Waals surface area contributed by atoms with Crippen LogP contribution in [0.3, 0.4) is 0 Å². The van der Waals surface area contributed by atoms with Crippen molar-refractivity contribution in [3.63, 3.8) is 0 Å². The molecule has 1 atom stereocenters. The van der Waals surface area contributed by atoms with E-state index in [1.54, 1.807) is 6.92 Å². The zero-order valence-corrected chi connectivity index (χ0v) is 13.1. The Morgan fingerprint density at radius 2 is 2.00 bits per heavy atom. The second kappa shape index (κ2) is 6.02. The molecule has 0 bridgehead atoms. The smallest absolute Gasteiger partial charge is 0.348 e. The van der Waals surface area contributed by atoms with Crippen molar-refractivity contribution in [2.24, 2.45) is 11.1 Å². The van der Waals surface area contributed by atoms with Crippen molar-refractivity contribution in [1.82, 2.24) is 0 Å². The molecule has 0 aliphatic rings. The highest BCUT2D eigenvalue weighted by Gasteiger charge is 2.21. The van der Waals surface area contributed by atoms with Crippen LogP contribution < -0.4 is 5.14 Å². The topological polar surface area (TPSA) is 86.5 Å². The molecule has 1 unspecified atom stereocenters. The number of primary sulfonamides is 1. The standard InChI is InChI=1S/C12H19NO4S2/c1-7(2)5-8(3)17-12(14)10-6-11(9(4)18-10)19(13,15)16/h6-8H,5H2,1-4H3,(H2,13,15,16). The van der Waals surface area contributed by atoms with E-state index in [1.165, 1.54) is 6.07 Å². The van der Waals surface area contributed by atoms with Crippen LogP contribution in [0.2, 0.25) is 0 Å². The molecule has 108 valence electrons. The molecular weight excluding hydrogens is 286 g/mol. The van der Waals surface area contributed by atoms with Crippen LogP contribution in [0.25, 0.3) is 0 Å². The Morgan fingerprint density at radius 3 is 2.42 bits per heavy atom. The molecule has 5 nitrogen and oxygen atoms in total. The van der Waals surface area contributed by atoms with Gasteiger partial charge in [0.05, 0.1) is 11.0 Å². The Bertz CT molecular complexity index is 560. The molecule has 0 spiro atoms. The lowest BCUT2D eigenvalue weighted by molar-refractivity contribution is 0.0305. The van der Waals surface area contributed by atoms with Gasteiger partial charge < -0.3 is 4.74 Å². The van der Waals surface area contributed by atoms with E-state index in [9.17, 15) is 13.2 Å². The highest BCUT2D eigenvalue weighted by molar-refractivity contribution is 7.89. The SMILES string of the molecule is Cc1sc(C(=O)OC(C)CC(C)C)cc1S(N)(=O)=O. The number of hydrogen-bond acceptors (Lipinski definition) is 5. The first-order valence-corrected chi connectivity index (χ1v) is 8.31. The van der Waals surface area contributed by atoms with E-state index in [0.717, 1.165) is 17.8 Å². The van der Waals surface area contributed by atoms with Gasteiger partial charge in [-0.05, 0) is 32.3 Å². The minimum absolute atomic E-state index is 0.0130. The van der Waals surface area contributed by atoms with E-state index in [0.29, 0.717) is 10.8 Å². The first kappa shape index (κ1) is 16.1. The highest BCUT2D eigenvalue weighted by atomic mass is 32.2. The Hall–Kier alpha value is -0.920. The monoisotopic (exact) mass is 305 g/mol. The predicted octanol–water partition coefficient (Wildman–Crippen LogP) is 2.30. The summed E-state index contributed by atoms with van der Waals surface area (Å²) >= 11 is 1.08. The number of nitrogens with two attached hydrogens (primary N) is 1. The van der Waals surface area contributed by atoms with Gasteiger partial charge in [0.2, 0.25) is 10.0 Å².